The van der Waals surface area contributed by atoms with Crippen molar-refractivity contribution in [1.82, 2.24) is 10.2 Å². The van der Waals surface area contributed by atoms with Gasteiger partial charge in [0.05, 0.1) is 18.8 Å². The van der Waals surface area contributed by atoms with Crippen molar-refractivity contribution >= 4 is 5.91 Å². The molecule has 0 aromatic heterocycles. The maximum absolute atomic E-state index is 12.9. The minimum Gasteiger partial charge on any atom is -0.377 e. The first-order valence-corrected chi connectivity index (χ1v) is 9.66. The Kier molecular flexibility index (Phi) is 7.41. The van der Waals surface area contributed by atoms with Crippen LogP contribution in [0.15, 0.2) is 24.3 Å². The molecule has 0 spiro atoms. The van der Waals surface area contributed by atoms with Crippen LogP contribution in [0.25, 0.3) is 0 Å². The third-order valence-electron chi connectivity index (χ3n) is 4.99. The highest BCUT2D eigenvalue weighted by Gasteiger charge is 2.25. The zero-order valence-electron chi connectivity index (χ0n) is 15.3. The van der Waals surface area contributed by atoms with Crippen LogP contribution in [0.3, 0.4) is 0 Å². The average molecular weight is 364 g/mol. The van der Waals surface area contributed by atoms with Gasteiger partial charge >= 0.3 is 0 Å². The van der Waals surface area contributed by atoms with Gasteiger partial charge < -0.3 is 14.8 Å². The zero-order chi connectivity index (χ0) is 18.2. The van der Waals surface area contributed by atoms with Gasteiger partial charge in [-0.15, -0.1) is 0 Å². The van der Waals surface area contributed by atoms with Crippen molar-refractivity contribution in [3.05, 3.63) is 35.6 Å². The number of nitrogens with zero attached hydrogens (tertiary/aromatic N) is 1. The van der Waals surface area contributed by atoms with Gasteiger partial charge in [0.1, 0.15) is 5.82 Å². The van der Waals surface area contributed by atoms with Crippen molar-refractivity contribution in [1.29, 1.82) is 0 Å². The Morgan fingerprint density at radius 1 is 1.08 bits per heavy atom. The van der Waals surface area contributed by atoms with Gasteiger partial charge in [-0.25, -0.2) is 4.39 Å². The number of halogens is 1. The lowest BCUT2D eigenvalue weighted by Gasteiger charge is -2.27. The highest BCUT2D eigenvalue weighted by molar-refractivity contribution is 5.78. The number of hydrogen-bond donors (Lipinski definition) is 1. The molecule has 2 atom stereocenters. The second kappa shape index (κ2) is 10.00. The van der Waals surface area contributed by atoms with E-state index >= 15 is 0 Å². The van der Waals surface area contributed by atoms with E-state index in [1.165, 1.54) is 12.1 Å². The normalized spacial score (nSPS) is 22.8. The molecule has 6 heteroatoms. The smallest absolute Gasteiger partial charge is 0.234 e. The largest absolute Gasteiger partial charge is 0.377 e. The van der Waals surface area contributed by atoms with Gasteiger partial charge in [-0.1, -0.05) is 12.1 Å². The monoisotopic (exact) mass is 364 g/mol. The zero-order valence-corrected chi connectivity index (χ0v) is 15.3. The van der Waals surface area contributed by atoms with Gasteiger partial charge in [0, 0.05) is 32.8 Å². The Labute approximate surface area is 154 Å². The van der Waals surface area contributed by atoms with Crippen LogP contribution < -0.4 is 5.32 Å². The van der Waals surface area contributed by atoms with Crippen LogP contribution in [0.4, 0.5) is 4.39 Å². The third kappa shape index (κ3) is 6.34. The summed E-state index contributed by atoms with van der Waals surface area (Å²) in [5.74, 6) is -0.222. The summed E-state index contributed by atoms with van der Waals surface area (Å²) in [7, 11) is 0. The van der Waals surface area contributed by atoms with Crippen LogP contribution in [0, 0.1) is 5.82 Å². The number of hydrogen-bond acceptors (Lipinski definition) is 4. The molecule has 2 fully saturated rings. The fourth-order valence-corrected chi connectivity index (χ4v) is 3.61. The molecule has 5 nitrogen and oxygen atoms in total. The second-order valence-electron chi connectivity index (χ2n) is 7.19. The highest BCUT2D eigenvalue weighted by Crippen LogP contribution is 2.17. The van der Waals surface area contributed by atoms with E-state index in [0.717, 1.165) is 57.6 Å². The lowest BCUT2D eigenvalue weighted by molar-refractivity contribution is -0.122. The molecule has 1 aromatic carbocycles. The molecule has 1 aromatic rings. The SMILES string of the molecule is O=C(CN(C[C@H]1CCCO1)C[C@H]1CCCO1)NCCc1ccc(F)cc1. The maximum Gasteiger partial charge on any atom is 0.234 e. The van der Waals surface area contributed by atoms with Crippen molar-refractivity contribution in [3.63, 3.8) is 0 Å². The first kappa shape index (κ1) is 19.3. The molecule has 0 unspecified atom stereocenters. The molecular formula is C20H29FN2O3. The molecule has 2 heterocycles. The third-order valence-corrected chi connectivity index (χ3v) is 4.99. The Morgan fingerprint density at radius 2 is 1.69 bits per heavy atom. The fraction of sp³-hybridized carbons (Fsp3) is 0.650. The first-order chi connectivity index (χ1) is 12.7. The van der Waals surface area contributed by atoms with Crippen molar-refractivity contribution < 1.29 is 18.7 Å². The van der Waals surface area contributed by atoms with E-state index in [4.69, 9.17) is 9.47 Å². The van der Waals surface area contributed by atoms with E-state index in [2.05, 4.69) is 10.2 Å². The van der Waals surface area contributed by atoms with Gasteiger partial charge in [-0.2, -0.15) is 0 Å². The molecular weight excluding hydrogens is 335 g/mol. The van der Waals surface area contributed by atoms with Gasteiger partial charge in [-0.05, 0) is 49.8 Å². The molecule has 0 aliphatic carbocycles. The molecule has 2 saturated heterocycles. The van der Waals surface area contributed by atoms with E-state index in [1.54, 1.807) is 12.1 Å². The first-order valence-electron chi connectivity index (χ1n) is 9.66. The van der Waals surface area contributed by atoms with Gasteiger partial charge in [0.2, 0.25) is 5.91 Å². The Balaban J connectivity index is 1.43. The highest BCUT2D eigenvalue weighted by atomic mass is 19.1. The van der Waals surface area contributed by atoms with E-state index in [1.807, 2.05) is 0 Å². The number of carbonyl (C=O) groups excluding carboxylic acids is 1. The fourth-order valence-electron chi connectivity index (χ4n) is 3.61. The van der Waals surface area contributed by atoms with Crippen molar-refractivity contribution in [2.45, 2.75) is 44.3 Å². The molecule has 1 N–H and O–H groups in total. The van der Waals surface area contributed by atoms with Crippen LogP contribution in [-0.4, -0.2) is 62.4 Å². The molecule has 0 saturated carbocycles. The van der Waals surface area contributed by atoms with E-state index in [-0.39, 0.29) is 23.9 Å². The number of nitrogens with one attached hydrogen (secondary N) is 1. The summed E-state index contributed by atoms with van der Waals surface area (Å²) in [5, 5.41) is 2.97. The quantitative estimate of drug-likeness (QED) is 0.729. The van der Waals surface area contributed by atoms with Crippen molar-refractivity contribution in [2.24, 2.45) is 0 Å². The minimum absolute atomic E-state index is 0.0168. The number of amides is 1. The Hall–Kier alpha value is -1.50. The lowest BCUT2D eigenvalue weighted by Crippen LogP contribution is -2.44. The van der Waals surface area contributed by atoms with Crippen LogP contribution in [-0.2, 0) is 20.7 Å². The number of ether oxygens (including phenoxy) is 2. The number of benzene rings is 1. The van der Waals surface area contributed by atoms with E-state index in [0.29, 0.717) is 19.5 Å². The Bertz CT molecular complexity index is 537. The van der Waals surface area contributed by atoms with Gasteiger partial charge in [-0.3, -0.25) is 9.69 Å². The molecule has 0 radical (unpaired) electrons. The second-order valence-corrected chi connectivity index (χ2v) is 7.19. The molecule has 144 valence electrons. The molecule has 3 rings (SSSR count). The van der Waals surface area contributed by atoms with Crippen molar-refractivity contribution in [2.75, 3.05) is 39.4 Å². The predicted molar refractivity (Wildman–Crippen MR) is 97.5 cm³/mol. The molecule has 1 amide bonds. The lowest BCUT2D eigenvalue weighted by atomic mass is 10.1. The van der Waals surface area contributed by atoms with Crippen LogP contribution in [0.2, 0.25) is 0 Å². The Morgan fingerprint density at radius 3 is 2.23 bits per heavy atom. The molecule has 2 aliphatic heterocycles. The maximum atomic E-state index is 12.9. The predicted octanol–water partition coefficient (Wildman–Crippen LogP) is 2.14. The summed E-state index contributed by atoms with van der Waals surface area (Å²) < 4.78 is 24.4. The summed E-state index contributed by atoms with van der Waals surface area (Å²) in [6.07, 6.45) is 5.48. The van der Waals surface area contributed by atoms with Gasteiger partial charge in [0.25, 0.3) is 0 Å². The molecule has 26 heavy (non-hydrogen) atoms. The summed E-state index contributed by atoms with van der Waals surface area (Å²) in [4.78, 5) is 14.5. The topological polar surface area (TPSA) is 50.8 Å². The average Bonchev–Trinajstić information content (AvgIpc) is 3.31. The molecule has 0 bridgehead atoms. The van der Waals surface area contributed by atoms with E-state index < -0.39 is 0 Å². The summed E-state index contributed by atoms with van der Waals surface area (Å²) in [6, 6.07) is 6.40. The van der Waals surface area contributed by atoms with E-state index in [9.17, 15) is 9.18 Å². The van der Waals surface area contributed by atoms with Crippen LogP contribution in [0.1, 0.15) is 31.2 Å². The summed E-state index contributed by atoms with van der Waals surface area (Å²) in [6.45, 7) is 4.13. The number of rotatable bonds is 9. The van der Waals surface area contributed by atoms with Gasteiger partial charge in [0.15, 0.2) is 0 Å². The molecule has 2 aliphatic rings. The summed E-state index contributed by atoms with van der Waals surface area (Å²) >= 11 is 0. The summed E-state index contributed by atoms with van der Waals surface area (Å²) in [5.41, 5.74) is 1.02. The minimum atomic E-state index is -0.239. The van der Waals surface area contributed by atoms with Crippen molar-refractivity contribution in [3.8, 4) is 0 Å². The standard InChI is InChI=1S/C20H29FN2O3/c21-17-7-5-16(6-8-17)9-10-22-20(24)15-23(13-18-3-1-11-25-18)14-19-4-2-12-26-19/h5-8,18-19H,1-4,9-15H2,(H,22,24)/t18-,19-/m1/s1. The van der Waals surface area contributed by atoms with Crippen LogP contribution in [0.5, 0.6) is 0 Å². The van der Waals surface area contributed by atoms with Crippen LogP contribution >= 0.6 is 0 Å². The number of carbonyl (C=O) groups is 1.